The van der Waals surface area contributed by atoms with E-state index in [0.29, 0.717) is 24.5 Å². The first-order valence-electron chi connectivity index (χ1n) is 9.61. The number of ether oxygens (including phenoxy) is 1. The van der Waals surface area contributed by atoms with Crippen molar-refractivity contribution in [3.05, 3.63) is 48.0 Å². The summed E-state index contributed by atoms with van der Waals surface area (Å²) in [5.41, 5.74) is 2.13. The summed E-state index contributed by atoms with van der Waals surface area (Å²) in [6.45, 7) is 4.30. The molecular weight excluding hydrogens is 376 g/mol. The third-order valence-electron chi connectivity index (χ3n) is 5.17. The minimum absolute atomic E-state index is 0.0488. The summed E-state index contributed by atoms with van der Waals surface area (Å²) in [5.74, 6) is 0.781. The Balaban J connectivity index is 1.62. The smallest absolute Gasteiger partial charge is 0.262 e. The number of rotatable bonds is 6. The van der Waals surface area contributed by atoms with Crippen molar-refractivity contribution in [1.82, 2.24) is 0 Å². The molecule has 0 bridgehead atoms. The van der Waals surface area contributed by atoms with Gasteiger partial charge in [0.25, 0.3) is 10.0 Å². The molecule has 1 aliphatic carbocycles. The maximum atomic E-state index is 12.9. The van der Waals surface area contributed by atoms with Gasteiger partial charge in [0.15, 0.2) is 0 Å². The van der Waals surface area contributed by atoms with Crippen LogP contribution in [-0.2, 0) is 21.2 Å². The van der Waals surface area contributed by atoms with Gasteiger partial charge in [-0.15, -0.1) is 0 Å². The minimum atomic E-state index is -3.77. The Hall–Kier alpha value is -2.54. The second kappa shape index (κ2) is 7.13. The average molecular weight is 401 g/mol. The predicted octanol–water partition coefficient (Wildman–Crippen LogP) is 3.57. The lowest BCUT2D eigenvalue weighted by molar-refractivity contribution is -0.120. The van der Waals surface area contributed by atoms with Gasteiger partial charge >= 0.3 is 0 Å². The number of benzene rings is 2. The van der Waals surface area contributed by atoms with Crippen molar-refractivity contribution >= 4 is 27.3 Å². The molecule has 7 heteroatoms. The molecule has 4 rings (SSSR count). The van der Waals surface area contributed by atoms with Gasteiger partial charge < -0.3 is 9.64 Å². The summed E-state index contributed by atoms with van der Waals surface area (Å²) in [6.07, 6.45) is 2.56. The summed E-state index contributed by atoms with van der Waals surface area (Å²) in [7, 11) is -3.77. The van der Waals surface area contributed by atoms with E-state index in [2.05, 4.69) is 4.72 Å². The van der Waals surface area contributed by atoms with Crippen LogP contribution >= 0.6 is 0 Å². The fourth-order valence-corrected chi connectivity index (χ4v) is 4.79. The monoisotopic (exact) mass is 400 g/mol. The molecule has 28 heavy (non-hydrogen) atoms. The summed E-state index contributed by atoms with van der Waals surface area (Å²) < 4.78 is 34.0. The summed E-state index contributed by atoms with van der Waals surface area (Å²) in [5, 5.41) is 0. The Labute approximate surface area is 165 Å². The van der Waals surface area contributed by atoms with Crippen LogP contribution in [0.15, 0.2) is 47.4 Å². The van der Waals surface area contributed by atoms with Crippen molar-refractivity contribution in [3.8, 4) is 5.75 Å². The Morgan fingerprint density at radius 3 is 2.68 bits per heavy atom. The standard InChI is InChI=1S/C21H24N2O4S/c1-3-27-20-7-5-4-6-18(20)22-28(25,26)17-10-11-19-16(13-17)12-14(2)23(19)21(24)15-8-9-15/h4-7,10-11,13-15,22H,3,8-9,12H2,1-2H3/t14-/m1/s1. The second-order valence-electron chi connectivity index (χ2n) is 7.36. The summed E-state index contributed by atoms with van der Waals surface area (Å²) in [4.78, 5) is 14.6. The first-order valence-corrected chi connectivity index (χ1v) is 11.1. The number of sulfonamides is 1. The van der Waals surface area contributed by atoms with Crippen LogP contribution < -0.4 is 14.4 Å². The van der Waals surface area contributed by atoms with Crippen LogP contribution in [0.2, 0.25) is 0 Å². The molecule has 1 N–H and O–H groups in total. The highest BCUT2D eigenvalue weighted by molar-refractivity contribution is 7.92. The van der Waals surface area contributed by atoms with Crippen molar-refractivity contribution in [2.24, 2.45) is 5.92 Å². The third kappa shape index (κ3) is 3.46. The van der Waals surface area contributed by atoms with Crippen LogP contribution in [0.25, 0.3) is 0 Å². The van der Waals surface area contributed by atoms with Crippen LogP contribution in [-0.4, -0.2) is 27.0 Å². The molecule has 2 aromatic carbocycles. The number of fused-ring (bicyclic) bond motifs is 1. The topological polar surface area (TPSA) is 75.7 Å². The summed E-state index contributed by atoms with van der Waals surface area (Å²) >= 11 is 0. The number of carbonyl (C=O) groups excluding carboxylic acids is 1. The molecule has 0 spiro atoms. The van der Waals surface area contributed by atoms with Gasteiger partial charge in [0.2, 0.25) is 5.91 Å². The fraction of sp³-hybridized carbons (Fsp3) is 0.381. The van der Waals surface area contributed by atoms with Crippen molar-refractivity contribution in [3.63, 3.8) is 0 Å². The number of carbonyl (C=O) groups is 1. The van der Waals surface area contributed by atoms with Crippen LogP contribution in [0.4, 0.5) is 11.4 Å². The molecule has 1 heterocycles. The Bertz CT molecular complexity index is 1010. The quantitative estimate of drug-likeness (QED) is 0.804. The zero-order valence-corrected chi connectivity index (χ0v) is 16.8. The SMILES string of the molecule is CCOc1ccccc1NS(=O)(=O)c1ccc2c(c1)C[C@@H](C)N2C(=O)C1CC1. The maximum Gasteiger partial charge on any atom is 0.262 e. The van der Waals surface area contributed by atoms with Crippen molar-refractivity contribution < 1.29 is 17.9 Å². The number of para-hydroxylation sites is 2. The molecular formula is C21H24N2O4S. The number of hydrogen-bond donors (Lipinski definition) is 1. The lowest BCUT2D eigenvalue weighted by Gasteiger charge is -2.22. The van der Waals surface area contributed by atoms with Crippen molar-refractivity contribution in [1.29, 1.82) is 0 Å². The Morgan fingerprint density at radius 1 is 1.21 bits per heavy atom. The zero-order valence-electron chi connectivity index (χ0n) is 16.0. The average Bonchev–Trinajstić information content (AvgIpc) is 3.45. The summed E-state index contributed by atoms with van der Waals surface area (Å²) in [6, 6.07) is 12.0. The van der Waals surface area contributed by atoms with Gasteiger partial charge in [0.1, 0.15) is 5.75 Å². The van der Waals surface area contributed by atoms with E-state index >= 15 is 0 Å². The van der Waals surface area contributed by atoms with E-state index in [1.807, 2.05) is 18.7 Å². The predicted molar refractivity (Wildman–Crippen MR) is 108 cm³/mol. The van der Waals surface area contributed by atoms with Gasteiger partial charge in [-0.25, -0.2) is 8.42 Å². The van der Waals surface area contributed by atoms with E-state index in [4.69, 9.17) is 4.74 Å². The van der Waals surface area contributed by atoms with Gasteiger partial charge in [0.05, 0.1) is 17.2 Å². The number of nitrogens with one attached hydrogen (secondary N) is 1. The Kier molecular flexibility index (Phi) is 4.79. The molecule has 0 saturated heterocycles. The van der Waals surface area contributed by atoms with Gasteiger partial charge in [0, 0.05) is 17.6 Å². The molecule has 148 valence electrons. The van der Waals surface area contributed by atoms with Crippen LogP contribution in [0.1, 0.15) is 32.3 Å². The van der Waals surface area contributed by atoms with E-state index in [1.54, 1.807) is 42.5 Å². The largest absolute Gasteiger partial charge is 0.492 e. The highest BCUT2D eigenvalue weighted by atomic mass is 32.2. The molecule has 0 aromatic heterocycles. The fourth-order valence-electron chi connectivity index (χ4n) is 3.67. The molecule has 0 radical (unpaired) electrons. The van der Waals surface area contributed by atoms with E-state index < -0.39 is 10.0 Å². The molecule has 2 aromatic rings. The minimum Gasteiger partial charge on any atom is -0.492 e. The number of anilines is 2. The number of hydrogen-bond acceptors (Lipinski definition) is 4. The van der Waals surface area contributed by atoms with Crippen LogP contribution in [0, 0.1) is 5.92 Å². The van der Waals surface area contributed by atoms with Gasteiger partial charge in [-0.05, 0) is 69.0 Å². The van der Waals surface area contributed by atoms with E-state index in [9.17, 15) is 13.2 Å². The van der Waals surface area contributed by atoms with Gasteiger partial charge in [-0.2, -0.15) is 0 Å². The highest BCUT2D eigenvalue weighted by Crippen LogP contribution is 2.39. The van der Waals surface area contributed by atoms with Crippen molar-refractivity contribution in [2.45, 2.75) is 44.0 Å². The highest BCUT2D eigenvalue weighted by Gasteiger charge is 2.39. The van der Waals surface area contributed by atoms with E-state index in [1.165, 1.54) is 0 Å². The zero-order chi connectivity index (χ0) is 19.9. The normalized spacial score (nSPS) is 18.6. The lowest BCUT2D eigenvalue weighted by atomic mass is 10.1. The molecule has 2 aliphatic rings. The second-order valence-corrected chi connectivity index (χ2v) is 9.04. The number of amides is 1. The van der Waals surface area contributed by atoms with Gasteiger partial charge in [-0.1, -0.05) is 12.1 Å². The molecule has 1 atom stereocenters. The third-order valence-corrected chi connectivity index (χ3v) is 6.54. The molecule has 1 amide bonds. The van der Waals surface area contributed by atoms with E-state index in [-0.39, 0.29) is 22.8 Å². The van der Waals surface area contributed by atoms with Crippen LogP contribution in [0.3, 0.4) is 0 Å². The Morgan fingerprint density at radius 2 is 1.96 bits per heavy atom. The first kappa shape index (κ1) is 18.8. The maximum absolute atomic E-state index is 12.9. The van der Waals surface area contributed by atoms with Crippen molar-refractivity contribution in [2.75, 3.05) is 16.2 Å². The molecule has 0 unspecified atom stereocenters. The molecule has 1 saturated carbocycles. The van der Waals surface area contributed by atoms with Crippen LogP contribution in [0.5, 0.6) is 5.75 Å². The molecule has 1 aliphatic heterocycles. The lowest BCUT2D eigenvalue weighted by Crippen LogP contribution is -2.36. The van der Waals surface area contributed by atoms with Gasteiger partial charge in [-0.3, -0.25) is 9.52 Å². The van der Waals surface area contributed by atoms with E-state index in [0.717, 1.165) is 24.1 Å². The molecule has 6 nitrogen and oxygen atoms in total. The first-order chi connectivity index (χ1) is 13.4. The number of nitrogens with zero attached hydrogens (tertiary/aromatic N) is 1. The molecule has 1 fully saturated rings.